The summed E-state index contributed by atoms with van der Waals surface area (Å²) in [6.45, 7) is 0.749. The molecule has 0 aromatic carbocycles. The second-order valence-corrected chi connectivity index (χ2v) is 3.37. The van der Waals surface area contributed by atoms with Gasteiger partial charge in [0.05, 0.1) is 10.7 Å². The highest BCUT2D eigenvalue weighted by Crippen LogP contribution is 2.18. The zero-order valence-electron chi connectivity index (χ0n) is 7.94. The molecule has 0 saturated heterocycles. The molecule has 0 aliphatic heterocycles. The van der Waals surface area contributed by atoms with Gasteiger partial charge in [-0.3, -0.25) is 10.1 Å². The molecule has 0 saturated carbocycles. The van der Waals surface area contributed by atoms with Gasteiger partial charge in [0.15, 0.2) is 0 Å². The quantitative estimate of drug-likeness (QED) is 0.825. The molecular formula is C9H10ClN5. The highest BCUT2D eigenvalue weighted by Gasteiger charge is 1.99. The van der Waals surface area contributed by atoms with E-state index in [2.05, 4.69) is 25.5 Å². The molecule has 15 heavy (non-hydrogen) atoms. The lowest BCUT2D eigenvalue weighted by molar-refractivity contribution is 0.901. The van der Waals surface area contributed by atoms with Crippen LogP contribution in [0.2, 0.25) is 5.02 Å². The molecule has 2 N–H and O–H groups in total. The number of pyridine rings is 1. The number of aromatic nitrogens is 4. The fraction of sp³-hybridized carbons (Fsp3) is 0.222. The number of rotatable bonds is 4. The largest absolute Gasteiger partial charge is 0.383 e. The summed E-state index contributed by atoms with van der Waals surface area (Å²) in [5.74, 6) is 0.854. The van der Waals surface area contributed by atoms with E-state index in [4.69, 9.17) is 11.6 Å². The summed E-state index contributed by atoms with van der Waals surface area (Å²) in [6, 6.07) is 1.84. The molecule has 0 spiro atoms. The molecule has 0 bridgehead atoms. The number of hydrogen-bond donors (Lipinski definition) is 2. The second-order valence-electron chi connectivity index (χ2n) is 2.96. The van der Waals surface area contributed by atoms with Gasteiger partial charge in [-0.25, -0.2) is 4.98 Å². The average molecular weight is 224 g/mol. The van der Waals surface area contributed by atoms with Gasteiger partial charge in [0.2, 0.25) is 0 Å². The van der Waals surface area contributed by atoms with Gasteiger partial charge in [-0.2, -0.15) is 5.10 Å². The molecule has 2 aromatic rings. The number of H-pyrrole nitrogens is 1. The maximum atomic E-state index is 5.92. The van der Waals surface area contributed by atoms with Gasteiger partial charge in [-0.1, -0.05) is 11.6 Å². The van der Waals surface area contributed by atoms with Crippen molar-refractivity contribution in [3.63, 3.8) is 0 Å². The summed E-state index contributed by atoms with van der Waals surface area (Å²) >= 11 is 5.92. The summed E-state index contributed by atoms with van der Waals surface area (Å²) in [4.78, 5) is 7.92. The molecule has 2 aromatic heterocycles. The maximum Gasteiger partial charge on any atom is 0.137 e. The topological polar surface area (TPSA) is 66.5 Å². The number of aromatic amines is 1. The van der Waals surface area contributed by atoms with Crippen LogP contribution in [-0.4, -0.2) is 26.7 Å². The average Bonchev–Trinajstić information content (AvgIpc) is 2.74. The van der Waals surface area contributed by atoms with Crippen molar-refractivity contribution >= 4 is 17.3 Å². The molecule has 0 atom stereocenters. The van der Waals surface area contributed by atoms with Crippen LogP contribution in [0, 0.1) is 0 Å². The van der Waals surface area contributed by atoms with Crippen LogP contribution in [0.25, 0.3) is 0 Å². The smallest absolute Gasteiger partial charge is 0.137 e. The van der Waals surface area contributed by atoms with Gasteiger partial charge in [-0.15, -0.1) is 0 Å². The van der Waals surface area contributed by atoms with Gasteiger partial charge >= 0.3 is 0 Å². The molecule has 0 aliphatic rings. The third kappa shape index (κ3) is 2.66. The Labute approximate surface area is 91.9 Å². The summed E-state index contributed by atoms with van der Waals surface area (Å²) in [5.41, 5.74) is 0.881. The number of hydrogen-bond acceptors (Lipinski definition) is 4. The van der Waals surface area contributed by atoms with Crippen molar-refractivity contribution in [2.45, 2.75) is 6.42 Å². The van der Waals surface area contributed by atoms with Gasteiger partial charge in [0.25, 0.3) is 0 Å². The van der Waals surface area contributed by atoms with Crippen molar-refractivity contribution < 1.29 is 0 Å². The van der Waals surface area contributed by atoms with Crippen molar-refractivity contribution in [2.75, 3.05) is 11.9 Å². The van der Waals surface area contributed by atoms with Crippen molar-refractivity contribution in [3.8, 4) is 0 Å². The lowest BCUT2D eigenvalue weighted by Crippen LogP contribution is -2.06. The van der Waals surface area contributed by atoms with E-state index < -0.39 is 0 Å². The minimum Gasteiger partial charge on any atom is -0.383 e. The van der Waals surface area contributed by atoms with E-state index in [1.54, 1.807) is 12.4 Å². The monoisotopic (exact) mass is 223 g/mol. The number of nitrogens with zero attached hydrogens (tertiary/aromatic N) is 3. The van der Waals surface area contributed by atoms with Gasteiger partial charge in [0.1, 0.15) is 12.2 Å². The van der Waals surface area contributed by atoms with Crippen molar-refractivity contribution in [2.24, 2.45) is 0 Å². The Balaban J connectivity index is 1.86. The van der Waals surface area contributed by atoms with Crippen LogP contribution in [0.3, 0.4) is 0 Å². The van der Waals surface area contributed by atoms with Crippen molar-refractivity contribution in [1.29, 1.82) is 0 Å². The first-order valence-electron chi connectivity index (χ1n) is 4.54. The van der Waals surface area contributed by atoms with Crippen molar-refractivity contribution in [1.82, 2.24) is 20.2 Å². The van der Waals surface area contributed by atoms with Gasteiger partial charge in [-0.05, 0) is 6.07 Å². The molecule has 6 heteroatoms. The van der Waals surface area contributed by atoms with Crippen molar-refractivity contribution in [3.05, 3.63) is 35.6 Å². The third-order valence-electron chi connectivity index (χ3n) is 1.91. The van der Waals surface area contributed by atoms with E-state index in [9.17, 15) is 0 Å². The Kier molecular flexibility index (Phi) is 3.14. The fourth-order valence-electron chi connectivity index (χ4n) is 1.19. The lowest BCUT2D eigenvalue weighted by atomic mass is 10.3. The zero-order chi connectivity index (χ0) is 10.5. The molecule has 2 heterocycles. The van der Waals surface area contributed by atoms with Gasteiger partial charge < -0.3 is 5.32 Å². The van der Waals surface area contributed by atoms with Gasteiger partial charge in [0, 0.05) is 25.4 Å². The molecular weight excluding hydrogens is 214 g/mol. The normalized spacial score (nSPS) is 10.2. The first-order valence-corrected chi connectivity index (χ1v) is 4.91. The SMILES string of the molecule is Clc1cnccc1NCCc1ncn[nH]1. The van der Waals surface area contributed by atoms with E-state index in [0.717, 1.165) is 24.5 Å². The molecule has 0 unspecified atom stereocenters. The standard InChI is InChI=1S/C9H10ClN5/c10-7-5-11-3-1-8(7)12-4-2-9-13-6-14-15-9/h1,3,5-6H,2,4H2,(H,11,12)(H,13,14,15). The Morgan fingerprint density at radius 3 is 3.13 bits per heavy atom. The predicted octanol–water partition coefficient (Wildman–Crippen LogP) is 1.51. The van der Waals surface area contributed by atoms with Crippen LogP contribution in [0.4, 0.5) is 5.69 Å². The molecule has 5 nitrogen and oxygen atoms in total. The Morgan fingerprint density at radius 2 is 2.40 bits per heavy atom. The van der Waals surface area contributed by atoms with Crippen LogP contribution in [0.15, 0.2) is 24.8 Å². The Morgan fingerprint density at radius 1 is 1.47 bits per heavy atom. The molecule has 0 aliphatic carbocycles. The summed E-state index contributed by atoms with van der Waals surface area (Å²) in [5, 5.41) is 10.4. The second kappa shape index (κ2) is 4.75. The van der Waals surface area contributed by atoms with Crippen LogP contribution in [0.1, 0.15) is 5.82 Å². The van der Waals surface area contributed by atoms with Crippen LogP contribution >= 0.6 is 11.6 Å². The van der Waals surface area contributed by atoms with E-state index in [1.165, 1.54) is 6.33 Å². The molecule has 0 amide bonds. The number of halogens is 1. The van der Waals surface area contributed by atoms with Crippen LogP contribution in [-0.2, 0) is 6.42 Å². The zero-order valence-corrected chi connectivity index (χ0v) is 8.70. The Bertz CT molecular complexity index is 414. The number of anilines is 1. The number of nitrogens with one attached hydrogen (secondary N) is 2. The van der Waals surface area contributed by atoms with E-state index in [1.807, 2.05) is 6.07 Å². The van der Waals surface area contributed by atoms with E-state index in [0.29, 0.717) is 5.02 Å². The van der Waals surface area contributed by atoms with E-state index >= 15 is 0 Å². The summed E-state index contributed by atoms with van der Waals surface area (Å²) in [7, 11) is 0. The van der Waals surface area contributed by atoms with Crippen LogP contribution < -0.4 is 5.32 Å². The molecule has 2 rings (SSSR count). The highest BCUT2D eigenvalue weighted by molar-refractivity contribution is 6.33. The molecule has 0 fully saturated rings. The maximum absolute atomic E-state index is 5.92. The first kappa shape index (κ1) is 9.92. The highest BCUT2D eigenvalue weighted by atomic mass is 35.5. The minimum absolute atomic E-state index is 0.620. The Hall–Kier alpha value is -1.62. The third-order valence-corrected chi connectivity index (χ3v) is 2.22. The fourth-order valence-corrected chi connectivity index (χ4v) is 1.37. The van der Waals surface area contributed by atoms with E-state index in [-0.39, 0.29) is 0 Å². The summed E-state index contributed by atoms with van der Waals surface area (Å²) in [6.07, 6.45) is 5.58. The molecule has 0 radical (unpaired) electrons. The summed E-state index contributed by atoms with van der Waals surface area (Å²) < 4.78 is 0. The lowest BCUT2D eigenvalue weighted by Gasteiger charge is -2.05. The predicted molar refractivity (Wildman–Crippen MR) is 57.8 cm³/mol. The van der Waals surface area contributed by atoms with Crippen LogP contribution in [0.5, 0.6) is 0 Å². The molecule has 78 valence electrons. The minimum atomic E-state index is 0.620. The first-order chi connectivity index (χ1) is 7.36.